The third kappa shape index (κ3) is 3.30. The predicted octanol–water partition coefficient (Wildman–Crippen LogP) is 2.42. The van der Waals surface area contributed by atoms with Gasteiger partial charge in [0.2, 0.25) is 0 Å². The minimum atomic E-state index is -0.102. The molecule has 0 spiro atoms. The van der Waals surface area contributed by atoms with Gasteiger partial charge in [-0.05, 0) is 30.4 Å². The molecule has 2 nitrogen and oxygen atoms in total. The highest BCUT2D eigenvalue weighted by Gasteiger charge is 2.24. The Bertz CT molecular complexity index is 347. The van der Waals surface area contributed by atoms with E-state index in [2.05, 4.69) is 49.1 Å². The molecule has 94 valence electrons. The first-order valence-electron chi connectivity index (χ1n) is 6.54. The maximum Gasteiger partial charge on any atom is 0.0679 e. The normalized spacial score (nSPS) is 21.9. The molecule has 1 N–H and O–H groups in total. The maximum atomic E-state index is 9.50. The molecule has 1 aromatic rings. The lowest BCUT2D eigenvalue weighted by molar-refractivity contribution is 0.173. The summed E-state index contributed by atoms with van der Waals surface area (Å²) in [4.78, 5) is 2.37. The van der Waals surface area contributed by atoms with Gasteiger partial charge in [0.15, 0.2) is 0 Å². The van der Waals surface area contributed by atoms with E-state index >= 15 is 0 Å². The Labute approximate surface area is 104 Å². The number of β-amino-alcohol motifs (C(OH)–C–C–N with tert-alkyl or cyclic N) is 1. The minimum absolute atomic E-state index is 0.102. The molecular weight excluding hydrogens is 210 g/mol. The summed E-state index contributed by atoms with van der Waals surface area (Å²) in [7, 11) is 0. The van der Waals surface area contributed by atoms with Crippen molar-refractivity contribution in [2.24, 2.45) is 0 Å². The number of rotatable bonds is 4. The van der Waals surface area contributed by atoms with E-state index in [0.29, 0.717) is 0 Å². The summed E-state index contributed by atoms with van der Waals surface area (Å²) in [6, 6.07) is 10.7. The van der Waals surface area contributed by atoms with Crippen LogP contribution in [0.4, 0.5) is 0 Å². The Morgan fingerprint density at radius 2 is 2.00 bits per heavy atom. The van der Waals surface area contributed by atoms with Crippen LogP contribution in [-0.2, 0) is 5.41 Å². The van der Waals surface area contributed by atoms with Crippen molar-refractivity contribution in [2.75, 3.05) is 19.6 Å². The molecular formula is C15H23NO. The Balaban J connectivity index is 1.89. The Kier molecular flexibility index (Phi) is 3.85. The van der Waals surface area contributed by atoms with Crippen LogP contribution in [0.25, 0.3) is 0 Å². The number of hydrogen-bond donors (Lipinski definition) is 1. The van der Waals surface area contributed by atoms with Crippen molar-refractivity contribution >= 4 is 0 Å². The van der Waals surface area contributed by atoms with Crippen LogP contribution >= 0.6 is 0 Å². The number of aliphatic hydroxyl groups is 1. The Hall–Kier alpha value is -0.860. The SMILES string of the molecule is CC(C)(CCN1CC[C@@H](O)C1)c1ccccc1. The van der Waals surface area contributed by atoms with Gasteiger partial charge < -0.3 is 10.0 Å². The lowest BCUT2D eigenvalue weighted by Gasteiger charge is -2.28. The van der Waals surface area contributed by atoms with Crippen LogP contribution in [0.2, 0.25) is 0 Å². The van der Waals surface area contributed by atoms with Crippen molar-refractivity contribution in [3.63, 3.8) is 0 Å². The van der Waals surface area contributed by atoms with E-state index in [1.165, 1.54) is 5.56 Å². The Morgan fingerprint density at radius 3 is 2.59 bits per heavy atom. The molecule has 17 heavy (non-hydrogen) atoms. The van der Waals surface area contributed by atoms with Crippen molar-refractivity contribution in [2.45, 2.75) is 38.2 Å². The summed E-state index contributed by atoms with van der Waals surface area (Å²) in [6.45, 7) is 7.58. The lowest BCUT2D eigenvalue weighted by atomic mass is 9.81. The first-order valence-corrected chi connectivity index (χ1v) is 6.54. The van der Waals surface area contributed by atoms with Crippen LogP contribution in [0.1, 0.15) is 32.3 Å². The van der Waals surface area contributed by atoms with E-state index in [4.69, 9.17) is 0 Å². The number of likely N-dealkylation sites (tertiary alicyclic amines) is 1. The molecule has 2 heteroatoms. The second-order valence-corrected chi connectivity index (χ2v) is 5.74. The fourth-order valence-electron chi connectivity index (χ4n) is 2.49. The molecule has 0 radical (unpaired) electrons. The zero-order valence-corrected chi connectivity index (χ0v) is 10.9. The van der Waals surface area contributed by atoms with E-state index in [0.717, 1.165) is 32.5 Å². The van der Waals surface area contributed by atoms with Crippen LogP contribution < -0.4 is 0 Å². The van der Waals surface area contributed by atoms with Crippen molar-refractivity contribution in [3.05, 3.63) is 35.9 Å². The van der Waals surface area contributed by atoms with Gasteiger partial charge >= 0.3 is 0 Å². The summed E-state index contributed by atoms with van der Waals surface area (Å²) in [5.74, 6) is 0. The summed E-state index contributed by atoms with van der Waals surface area (Å²) < 4.78 is 0. The van der Waals surface area contributed by atoms with Gasteiger partial charge in [-0.2, -0.15) is 0 Å². The highest BCUT2D eigenvalue weighted by atomic mass is 16.3. The summed E-state index contributed by atoms with van der Waals surface area (Å²) in [6.07, 6.45) is 1.98. The van der Waals surface area contributed by atoms with Crippen LogP contribution in [0, 0.1) is 0 Å². The monoisotopic (exact) mass is 233 g/mol. The third-order valence-electron chi connectivity index (χ3n) is 3.86. The number of aliphatic hydroxyl groups excluding tert-OH is 1. The average Bonchev–Trinajstić information content (AvgIpc) is 2.74. The number of nitrogens with zero attached hydrogens (tertiary/aromatic N) is 1. The third-order valence-corrected chi connectivity index (χ3v) is 3.86. The van der Waals surface area contributed by atoms with Gasteiger partial charge in [-0.25, -0.2) is 0 Å². The molecule has 1 atom stereocenters. The molecule has 0 amide bonds. The van der Waals surface area contributed by atoms with Crippen molar-refractivity contribution < 1.29 is 5.11 Å². The molecule has 2 rings (SSSR count). The van der Waals surface area contributed by atoms with Crippen LogP contribution in [0.3, 0.4) is 0 Å². The fourth-order valence-corrected chi connectivity index (χ4v) is 2.49. The predicted molar refractivity (Wildman–Crippen MR) is 71.1 cm³/mol. The molecule has 1 aliphatic rings. The highest BCUT2D eigenvalue weighted by molar-refractivity contribution is 5.23. The standard InChI is InChI=1S/C15H23NO/c1-15(2,13-6-4-3-5-7-13)9-11-16-10-8-14(17)12-16/h3-7,14,17H,8-12H2,1-2H3/t14-/m1/s1. The fraction of sp³-hybridized carbons (Fsp3) is 0.600. The van der Waals surface area contributed by atoms with Gasteiger partial charge in [0.25, 0.3) is 0 Å². The minimum Gasteiger partial charge on any atom is -0.392 e. The summed E-state index contributed by atoms with van der Waals surface area (Å²) in [5, 5.41) is 9.50. The van der Waals surface area contributed by atoms with Gasteiger partial charge in [0.1, 0.15) is 0 Å². The van der Waals surface area contributed by atoms with E-state index in [1.807, 2.05) is 0 Å². The Morgan fingerprint density at radius 1 is 1.29 bits per heavy atom. The van der Waals surface area contributed by atoms with E-state index in [1.54, 1.807) is 0 Å². The molecule has 0 bridgehead atoms. The zero-order valence-electron chi connectivity index (χ0n) is 10.9. The topological polar surface area (TPSA) is 23.5 Å². The second kappa shape index (κ2) is 5.19. The molecule has 1 aliphatic heterocycles. The maximum absolute atomic E-state index is 9.50. The number of hydrogen-bond acceptors (Lipinski definition) is 2. The molecule has 0 unspecified atom stereocenters. The number of benzene rings is 1. The molecule has 0 aromatic heterocycles. The van der Waals surface area contributed by atoms with Crippen LogP contribution in [0.5, 0.6) is 0 Å². The van der Waals surface area contributed by atoms with Gasteiger partial charge in [-0.15, -0.1) is 0 Å². The van der Waals surface area contributed by atoms with Crippen LogP contribution in [-0.4, -0.2) is 35.7 Å². The van der Waals surface area contributed by atoms with E-state index < -0.39 is 0 Å². The van der Waals surface area contributed by atoms with Crippen LogP contribution in [0.15, 0.2) is 30.3 Å². The first-order chi connectivity index (χ1) is 8.08. The molecule has 0 aliphatic carbocycles. The first kappa shape index (κ1) is 12.6. The van der Waals surface area contributed by atoms with Gasteiger partial charge in [-0.3, -0.25) is 0 Å². The highest BCUT2D eigenvalue weighted by Crippen LogP contribution is 2.27. The lowest BCUT2D eigenvalue weighted by Crippen LogP contribution is -2.29. The molecule has 1 aromatic carbocycles. The van der Waals surface area contributed by atoms with Gasteiger partial charge in [-0.1, -0.05) is 44.2 Å². The van der Waals surface area contributed by atoms with E-state index in [-0.39, 0.29) is 11.5 Å². The molecule has 0 saturated carbocycles. The quantitative estimate of drug-likeness (QED) is 0.863. The summed E-state index contributed by atoms with van der Waals surface area (Å²) >= 11 is 0. The summed E-state index contributed by atoms with van der Waals surface area (Å²) in [5.41, 5.74) is 1.62. The molecule has 1 saturated heterocycles. The molecule has 1 heterocycles. The van der Waals surface area contributed by atoms with E-state index in [9.17, 15) is 5.11 Å². The van der Waals surface area contributed by atoms with Gasteiger partial charge in [0.05, 0.1) is 6.10 Å². The van der Waals surface area contributed by atoms with Gasteiger partial charge in [0, 0.05) is 13.1 Å². The average molecular weight is 233 g/mol. The zero-order chi connectivity index (χ0) is 12.3. The molecule has 1 fully saturated rings. The second-order valence-electron chi connectivity index (χ2n) is 5.74. The van der Waals surface area contributed by atoms with Crippen molar-refractivity contribution in [3.8, 4) is 0 Å². The van der Waals surface area contributed by atoms with Crippen molar-refractivity contribution in [1.82, 2.24) is 4.90 Å². The largest absolute Gasteiger partial charge is 0.392 e. The smallest absolute Gasteiger partial charge is 0.0679 e. The van der Waals surface area contributed by atoms with Crippen molar-refractivity contribution in [1.29, 1.82) is 0 Å².